The van der Waals surface area contributed by atoms with Crippen molar-refractivity contribution in [3.8, 4) is 0 Å². The van der Waals surface area contributed by atoms with Crippen LogP contribution in [-0.4, -0.2) is 72.2 Å². The van der Waals surface area contributed by atoms with Gasteiger partial charge in [0, 0.05) is 19.1 Å². The number of hydrogen-bond acceptors (Lipinski definition) is 10. The van der Waals surface area contributed by atoms with Crippen molar-refractivity contribution in [2.24, 2.45) is 23.7 Å². The number of esters is 1. The van der Waals surface area contributed by atoms with Crippen LogP contribution >= 0.6 is 38.4 Å². The molecule has 0 aromatic rings. The van der Waals surface area contributed by atoms with Crippen LogP contribution in [0.4, 0.5) is 8.78 Å². The van der Waals surface area contributed by atoms with Gasteiger partial charge in [-0.2, -0.15) is 8.78 Å². The van der Waals surface area contributed by atoms with Crippen molar-refractivity contribution >= 4 is 44.4 Å². The first-order valence-electron chi connectivity index (χ1n) is 20.7. The van der Waals surface area contributed by atoms with Crippen LogP contribution in [0.2, 0.25) is 0 Å². The molecule has 0 aliphatic carbocycles. The molecule has 0 aliphatic rings. The number of halogens is 4. The predicted octanol–water partition coefficient (Wildman–Crippen LogP) is 14.1. The maximum atomic E-state index is 13.2. The number of unbranched alkanes of at least 4 members (excludes halogenated alkanes) is 10. The first-order valence-corrected chi connectivity index (χ1v) is 24.9. The first kappa shape index (κ1) is 65.3. The Balaban J connectivity index is -0.000000244. The molecule has 0 bridgehead atoms. The molecule has 56 heavy (non-hydrogen) atoms. The highest BCUT2D eigenvalue weighted by molar-refractivity contribution is 7.71. The molecule has 0 amide bonds. The lowest BCUT2D eigenvalue weighted by Gasteiger charge is -2.26. The van der Waals surface area contributed by atoms with E-state index in [1.807, 2.05) is 69.2 Å². The van der Waals surface area contributed by atoms with E-state index in [0.29, 0.717) is 6.42 Å². The minimum atomic E-state index is -3.58. The molecule has 0 aliphatic heterocycles. The van der Waals surface area contributed by atoms with Crippen LogP contribution in [0.25, 0.3) is 0 Å². The number of ether oxygens (including phenoxy) is 1. The fourth-order valence-electron chi connectivity index (χ4n) is 3.76. The van der Waals surface area contributed by atoms with Crippen LogP contribution in [0.1, 0.15) is 174 Å². The zero-order valence-corrected chi connectivity index (χ0v) is 41.1. The molecule has 0 spiro atoms. The minimum absolute atomic E-state index is 0.0280. The van der Waals surface area contributed by atoms with Gasteiger partial charge in [-0.1, -0.05) is 127 Å². The van der Waals surface area contributed by atoms with Gasteiger partial charge in [-0.25, -0.2) is 0 Å². The molecule has 0 fully saturated rings. The molecule has 10 nitrogen and oxygen atoms in total. The third-order valence-corrected chi connectivity index (χ3v) is 11.1. The second kappa shape index (κ2) is 41.8. The lowest BCUT2D eigenvalue weighted by atomic mass is 10.1. The molecule has 0 saturated heterocycles. The molecule has 16 heteroatoms. The summed E-state index contributed by atoms with van der Waals surface area (Å²) in [7, 11) is -7.16. The second-order valence-electron chi connectivity index (χ2n) is 15.8. The molecule has 0 aromatic carbocycles. The summed E-state index contributed by atoms with van der Waals surface area (Å²) in [4.78, 5) is 7.74. The summed E-state index contributed by atoms with van der Waals surface area (Å²) in [5.41, 5.74) is 0. The Labute approximate surface area is 352 Å². The minimum Gasteiger partial charge on any atom is -0.463 e. The van der Waals surface area contributed by atoms with Gasteiger partial charge < -0.3 is 33.0 Å². The maximum Gasteiger partial charge on any atom is 0.401 e. The number of rotatable bonds is 27. The summed E-state index contributed by atoms with van der Waals surface area (Å²) in [6, 6.07) is 0. The van der Waals surface area contributed by atoms with Crippen molar-refractivity contribution in [3.63, 3.8) is 0 Å². The maximum absolute atomic E-state index is 13.2. The van der Waals surface area contributed by atoms with Gasteiger partial charge in [-0.15, -0.1) is 0 Å². The van der Waals surface area contributed by atoms with Gasteiger partial charge in [-0.3, -0.25) is 13.9 Å². The van der Waals surface area contributed by atoms with Crippen molar-refractivity contribution in [3.05, 3.63) is 0 Å². The molecule has 344 valence electrons. The Hall–Kier alpha value is 0.130. The first-order chi connectivity index (χ1) is 25.7. The summed E-state index contributed by atoms with van der Waals surface area (Å²) in [5, 5.41) is 15.6. The highest BCUT2D eigenvalue weighted by atomic mass is 35.5. The van der Waals surface area contributed by atoms with Gasteiger partial charge in [0.15, 0.2) is 5.90 Å². The number of aliphatic hydroxyl groups excluding tert-OH is 2. The highest BCUT2D eigenvalue weighted by Crippen LogP contribution is 2.64. The average Bonchev–Trinajstić information content (AvgIpc) is 3.03. The standard InChI is InChI=1S/C17H38O6P2.C17H34O2.C3H8O.C2H6O.CCl2F2/c1-14(2)9-20-24(18,21-10-15(3)4)13-25(19,22-11-16(5)6)23-12-17(7)8;1-4-5-6-7-8-9-10-11-12-13-14-15-17(18)19-16(2)3;1-3(2)4;1-2-3;2-1(3,4)5/h14-17H,9-13H2,1-8H3;16H,4-15H2,1-3H3;3-4H,1-2H3;3H,2H2,1H3;. The number of aliphatic hydroxyl groups is 2. The topological polar surface area (TPSA) is 138 Å². The third kappa shape index (κ3) is 68.8. The van der Waals surface area contributed by atoms with Crippen LogP contribution in [-0.2, 0) is 36.8 Å². The van der Waals surface area contributed by atoms with E-state index in [2.05, 4.69) is 30.1 Å². The molecule has 0 heterocycles. The number of carbonyl (C=O) groups is 1. The average molecular weight is 898 g/mol. The Morgan fingerprint density at radius 1 is 0.589 bits per heavy atom. The van der Waals surface area contributed by atoms with E-state index in [9.17, 15) is 22.7 Å². The monoisotopic (exact) mass is 897 g/mol. The van der Waals surface area contributed by atoms with Gasteiger partial charge in [0.2, 0.25) is 0 Å². The van der Waals surface area contributed by atoms with Gasteiger partial charge in [0.05, 0.1) is 32.5 Å². The summed E-state index contributed by atoms with van der Waals surface area (Å²) >= 11 is 7.92. The van der Waals surface area contributed by atoms with Crippen LogP contribution in [0, 0.1) is 23.7 Å². The molecular weight excluding hydrogens is 811 g/mol. The van der Waals surface area contributed by atoms with Crippen LogP contribution in [0.5, 0.6) is 0 Å². The molecule has 0 atom stereocenters. The van der Waals surface area contributed by atoms with Gasteiger partial charge >= 0.3 is 26.0 Å². The van der Waals surface area contributed by atoms with Crippen LogP contribution in [0.3, 0.4) is 0 Å². The van der Waals surface area contributed by atoms with Crippen molar-refractivity contribution in [2.45, 2.75) is 191 Å². The molecule has 0 aromatic heterocycles. The second-order valence-corrected chi connectivity index (χ2v) is 21.5. The van der Waals surface area contributed by atoms with Crippen molar-refractivity contribution < 1.29 is 55.8 Å². The number of hydrogen-bond donors (Lipinski definition) is 2. The Kier molecular flexibility index (Phi) is 48.8. The lowest BCUT2D eigenvalue weighted by Crippen LogP contribution is -2.13. The fourth-order valence-corrected chi connectivity index (χ4v) is 9.01. The molecule has 0 rings (SSSR count). The predicted molar refractivity (Wildman–Crippen MR) is 232 cm³/mol. The largest absolute Gasteiger partial charge is 0.463 e. The normalized spacial score (nSPS) is 11.8. The summed E-state index contributed by atoms with van der Waals surface area (Å²) < 4.78 is 74.7. The van der Waals surface area contributed by atoms with E-state index in [0.717, 1.165) is 6.42 Å². The van der Waals surface area contributed by atoms with Crippen molar-refractivity contribution in [1.29, 1.82) is 0 Å². The molecular formula is C40H86Cl2F2O10P2. The lowest BCUT2D eigenvalue weighted by molar-refractivity contribution is -0.147. The fraction of sp³-hybridized carbons (Fsp3) is 0.975. The van der Waals surface area contributed by atoms with Gasteiger partial charge in [0.1, 0.15) is 0 Å². The summed E-state index contributed by atoms with van der Waals surface area (Å²) in [6.45, 7) is 28.2. The van der Waals surface area contributed by atoms with E-state index < -0.39 is 20.0 Å². The van der Waals surface area contributed by atoms with Crippen molar-refractivity contribution in [2.75, 3.05) is 38.9 Å². The van der Waals surface area contributed by atoms with E-state index in [1.165, 1.54) is 64.2 Å². The highest BCUT2D eigenvalue weighted by Gasteiger charge is 2.39. The Morgan fingerprint density at radius 3 is 1.04 bits per heavy atom. The van der Waals surface area contributed by atoms with Crippen LogP contribution in [0.15, 0.2) is 0 Å². The quantitative estimate of drug-likeness (QED) is 0.0355. The van der Waals surface area contributed by atoms with Crippen molar-refractivity contribution in [1.82, 2.24) is 0 Å². The van der Waals surface area contributed by atoms with E-state index in [4.69, 9.17) is 33.0 Å². The SMILES string of the molecule is CC(C)COP(=O)(CP(=O)(OCC(C)C)OCC(C)C)OCC(C)C.CC(C)O.CCCCCCCCCCCCCC(=O)OC(C)C.CCO.FC(F)(Cl)Cl. The van der Waals surface area contributed by atoms with E-state index in [1.54, 1.807) is 20.8 Å². The van der Waals surface area contributed by atoms with Gasteiger partial charge in [-0.05, 0) is 87.9 Å². The van der Waals surface area contributed by atoms with E-state index in [-0.39, 0.29) is 80.8 Å². The molecule has 0 unspecified atom stereocenters. The molecule has 0 radical (unpaired) electrons. The Bertz CT molecular complexity index is 859. The third-order valence-electron chi connectivity index (χ3n) is 6.12. The Morgan fingerprint density at radius 2 is 0.821 bits per heavy atom. The molecule has 0 saturated carbocycles. The molecule has 2 N–H and O–H groups in total. The smallest absolute Gasteiger partial charge is 0.401 e. The number of alkyl halides is 4. The zero-order chi connectivity index (χ0) is 44.8. The van der Waals surface area contributed by atoms with Crippen LogP contribution < -0.4 is 0 Å². The zero-order valence-electron chi connectivity index (χ0n) is 37.8. The summed E-state index contributed by atoms with van der Waals surface area (Å²) in [5.74, 6) is 0.351. The number of carbonyl (C=O) groups excluding carboxylic acids is 1. The summed E-state index contributed by atoms with van der Waals surface area (Å²) in [6.07, 6.45) is 14.9. The van der Waals surface area contributed by atoms with Gasteiger partial charge in [0.25, 0.3) is 0 Å². The van der Waals surface area contributed by atoms with E-state index >= 15 is 0 Å².